The first-order valence-electron chi connectivity index (χ1n) is 6.33. The first-order valence-corrected chi connectivity index (χ1v) is 7.86. The predicted octanol–water partition coefficient (Wildman–Crippen LogP) is -3.10. The Kier molecular flexibility index (Phi) is 8.32. The van der Waals surface area contributed by atoms with Crippen LogP contribution >= 0.6 is 7.82 Å². The van der Waals surface area contributed by atoms with Crippen LogP contribution in [0.3, 0.4) is 0 Å². The Labute approximate surface area is 141 Å². The highest BCUT2D eigenvalue weighted by molar-refractivity contribution is 7.46. The molecule has 0 aromatic carbocycles. The molecule has 0 aliphatic carbocycles. The van der Waals surface area contributed by atoms with Crippen molar-refractivity contribution in [3.05, 3.63) is 11.5 Å². The predicted molar refractivity (Wildman–Crippen MR) is 83.0 cm³/mol. The number of rotatable bonds is 4. The highest BCUT2D eigenvalue weighted by Crippen LogP contribution is 2.42. The van der Waals surface area contributed by atoms with Crippen LogP contribution in [0.2, 0.25) is 0 Å². The first-order chi connectivity index (χ1) is 11.3. The van der Waals surface area contributed by atoms with E-state index in [-0.39, 0.29) is 11.9 Å². The Morgan fingerprint density at radius 1 is 1.48 bits per heavy atom. The van der Waals surface area contributed by atoms with Crippen LogP contribution < -0.4 is 11.5 Å². The third-order valence-electron chi connectivity index (χ3n) is 2.36. The minimum absolute atomic E-state index is 0.238. The van der Waals surface area contributed by atoms with E-state index >= 15 is 0 Å². The van der Waals surface area contributed by atoms with Crippen molar-refractivity contribution in [2.24, 2.45) is 16.5 Å². The Hall–Kier alpha value is -2.38. The van der Waals surface area contributed by atoms with E-state index in [2.05, 4.69) is 14.3 Å². The molecule has 1 rings (SSSR count). The van der Waals surface area contributed by atoms with Crippen LogP contribution in [-0.4, -0.2) is 80.8 Å². The number of aliphatic hydroxyl groups excluding tert-OH is 3. The molecule has 2 atom stereocenters. The van der Waals surface area contributed by atoms with Crippen molar-refractivity contribution in [2.75, 3.05) is 20.7 Å². The van der Waals surface area contributed by atoms with Gasteiger partial charge in [-0.15, -0.1) is 0 Å². The van der Waals surface area contributed by atoms with E-state index in [1.54, 1.807) is 19.0 Å². The number of hydrogen-bond donors (Lipinski definition) is 8. The van der Waals surface area contributed by atoms with Gasteiger partial charge in [-0.05, 0) is 0 Å². The zero-order chi connectivity index (χ0) is 19.9. The minimum Gasteiger partial charge on any atom is -0.505 e. The molecule has 1 aliphatic heterocycles. The number of guanidine groups is 2. The second kappa shape index (κ2) is 9.19. The van der Waals surface area contributed by atoms with Crippen molar-refractivity contribution < 1.29 is 43.7 Å². The van der Waals surface area contributed by atoms with Gasteiger partial charge in [-0.2, -0.15) is 4.99 Å². The number of carbonyl (C=O) groups is 1. The lowest BCUT2D eigenvalue weighted by Gasteiger charge is -2.13. The molecule has 0 amide bonds. The average Bonchev–Trinajstić information content (AvgIpc) is 2.73. The summed E-state index contributed by atoms with van der Waals surface area (Å²) in [6, 6.07) is 0. The molecular formula is C10H20N5O9P. The summed E-state index contributed by atoms with van der Waals surface area (Å²) in [7, 11) is -1.57. The Morgan fingerprint density at radius 3 is 2.32 bits per heavy atom. The second-order valence-corrected chi connectivity index (χ2v) is 5.79. The fourth-order valence-corrected chi connectivity index (χ4v) is 1.65. The third kappa shape index (κ3) is 7.82. The van der Waals surface area contributed by atoms with Crippen LogP contribution in [0.5, 0.6) is 0 Å². The maximum atomic E-state index is 11.0. The van der Waals surface area contributed by atoms with Crippen LogP contribution in [0, 0.1) is 5.41 Å². The molecule has 1 heterocycles. The van der Waals surface area contributed by atoms with Gasteiger partial charge in [-0.3, -0.25) is 15.2 Å². The number of aliphatic imine (C=N–C) groups is 1. The van der Waals surface area contributed by atoms with Crippen LogP contribution in [-0.2, 0) is 18.6 Å². The lowest BCUT2D eigenvalue weighted by molar-refractivity contribution is -0.147. The number of ether oxygens (including phenoxy) is 1. The number of nitrogens with zero attached hydrogens (tertiary/aromatic N) is 2. The molecule has 14 nitrogen and oxygen atoms in total. The van der Waals surface area contributed by atoms with Gasteiger partial charge < -0.3 is 40.9 Å². The van der Waals surface area contributed by atoms with Crippen molar-refractivity contribution in [3.8, 4) is 0 Å². The maximum Gasteiger partial charge on any atom is 0.525 e. The fraction of sp³-hybridized carbons (Fsp3) is 0.500. The number of aliphatic hydroxyl groups is 3. The standard InChI is InChI=1S/C6H9O9P.C4H11N5/c7-1-2(8)4-3(9)5(6(10)14-4)15-16(11,12)13;1-9(2)4(7)8-3(5)6/h2,4,7-9H,1H2,(H2,11,12,13);1-2H3,(H5,5,6,7,8). The number of carbonyl (C=O) groups excluding carboxylic acids is 1. The summed E-state index contributed by atoms with van der Waals surface area (Å²) in [6.07, 6.45) is -3.21. The van der Waals surface area contributed by atoms with E-state index in [9.17, 15) is 14.5 Å². The summed E-state index contributed by atoms with van der Waals surface area (Å²) in [5.41, 5.74) is 10.2. The molecule has 25 heavy (non-hydrogen) atoms. The van der Waals surface area contributed by atoms with Gasteiger partial charge in [0.15, 0.2) is 17.8 Å². The van der Waals surface area contributed by atoms with Crippen molar-refractivity contribution >= 4 is 25.7 Å². The summed E-state index contributed by atoms with van der Waals surface area (Å²) < 4.78 is 18.7. The third-order valence-corrected chi connectivity index (χ3v) is 2.78. The SMILES string of the molecule is CN(C)C(N)=NC(=N)N.O=C1OC(C(O)CO)C(O)=C1OP(=O)(O)O. The number of nitrogens with one attached hydrogen (secondary N) is 1. The number of phosphoric acid groups is 1. The van der Waals surface area contributed by atoms with E-state index in [0.717, 1.165) is 0 Å². The molecule has 0 radical (unpaired) electrons. The van der Waals surface area contributed by atoms with Gasteiger partial charge in [0.25, 0.3) is 5.76 Å². The molecule has 0 fully saturated rings. The summed E-state index contributed by atoms with van der Waals surface area (Å²) in [5.74, 6) is -3.43. The van der Waals surface area contributed by atoms with Crippen molar-refractivity contribution in [1.82, 2.24) is 4.90 Å². The van der Waals surface area contributed by atoms with Gasteiger partial charge in [-0.25, -0.2) is 9.36 Å². The van der Waals surface area contributed by atoms with Crippen LogP contribution in [0.1, 0.15) is 0 Å². The second-order valence-electron chi connectivity index (χ2n) is 4.62. The fourth-order valence-electron chi connectivity index (χ4n) is 1.24. The Balaban J connectivity index is 0.000000547. The van der Waals surface area contributed by atoms with Crippen molar-refractivity contribution in [2.45, 2.75) is 12.2 Å². The zero-order valence-corrected chi connectivity index (χ0v) is 14.1. The normalized spacial score (nSPS) is 18.9. The molecule has 1 aliphatic rings. The molecule has 10 N–H and O–H groups in total. The molecule has 0 saturated carbocycles. The summed E-state index contributed by atoms with van der Waals surface area (Å²) in [6.45, 7) is -0.814. The molecule has 0 spiro atoms. The van der Waals surface area contributed by atoms with Gasteiger partial charge >= 0.3 is 13.8 Å². The highest BCUT2D eigenvalue weighted by atomic mass is 31.2. The topological polar surface area (TPSA) is 245 Å². The Morgan fingerprint density at radius 2 is 2.00 bits per heavy atom. The Bertz CT molecular complexity index is 614. The van der Waals surface area contributed by atoms with E-state index in [1.165, 1.54) is 0 Å². The minimum atomic E-state index is -5.02. The average molecular weight is 385 g/mol. The molecular weight excluding hydrogens is 365 g/mol. The quantitative estimate of drug-likeness (QED) is 0.104. The molecule has 0 bridgehead atoms. The zero-order valence-electron chi connectivity index (χ0n) is 13.2. The number of phosphoric ester groups is 1. The van der Waals surface area contributed by atoms with E-state index in [0.29, 0.717) is 0 Å². The van der Waals surface area contributed by atoms with E-state index in [4.69, 9.17) is 36.9 Å². The van der Waals surface area contributed by atoms with Crippen molar-refractivity contribution in [1.29, 1.82) is 5.41 Å². The summed E-state index contributed by atoms with van der Waals surface area (Å²) >= 11 is 0. The molecule has 0 aromatic heterocycles. The molecule has 0 aromatic rings. The number of hydrogen-bond acceptors (Lipinski definition) is 8. The molecule has 15 heteroatoms. The van der Waals surface area contributed by atoms with Gasteiger partial charge in [0.2, 0.25) is 5.96 Å². The van der Waals surface area contributed by atoms with Crippen LogP contribution in [0.15, 0.2) is 16.5 Å². The monoisotopic (exact) mass is 385 g/mol. The first kappa shape index (κ1) is 22.6. The molecule has 2 unspecified atom stereocenters. The summed E-state index contributed by atoms with van der Waals surface area (Å²) in [5, 5.41) is 33.6. The van der Waals surface area contributed by atoms with Crippen molar-refractivity contribution in [3.63, 3.8) is 0 Å². The number of esters is 1. The van der Waals surface area contributed by atoms with Gasteiger partial charge in [-0.1, -0.05) is 0 Å². The maximum absolute atomic E-state index is 11.0. The number of nitrogens with two attached hydrogens (primary N) is 2. The highest BCUT2D eigenvalue weighted by Gasteiger charge is 2.42. The summed E-state index contributed by atoms with van der Waals surface area (Å²) in [4.78, 5) is 32.9. The van der Waals surface area contributed by atoms with Gasteiger partial charge in [0, 0.05) is 14.1 Å². The largest absolute Gasteiger partial charge is 0.525 e. The van der Waals surface area contributed by atoms with Crippen LogP contribution in [0.4, 0.5) is 0 Å². The number of cyclic esters (lactones) is 1. The van der Waals surface area contributed by atoms with Gasteiger partial charge in [0.05, 0.1) is 6.61 Å². The molecule has 144 valence electrons. The van der Waals surface area contributed by atoms with E-state index in [1.807, 2.05) is 0 Å². The lowest BCUT2D eigenvalue weighted by atomic mass is 10.2. The van der Waals surface area contributed by atoms with E-state index < -0.39 is 44.1 Å². The smallest absolute Gasteiger partial charge is 0.505 e. The lowest BCUT2D eigenvalue weighted by Crippen LogP contribution is -2.32. The molecule has 0 saturated heterocycles. The van der Waals surface area contributed by atoms with Crippen LogP contribution in [0.25, 0.3) is 0 Å². The van der Waals surface area contributed by atoms with Gasteiger partial charge in [0.1, 0.15) is 6.10 Å².